The van der Waals surface area contributed by atoms with Crippen LogP contribution in [0.5, 0.6) is 5.75 Å². The third-order valence-corrected chi connectivity index (χ3v) is 3.57. The zero-order chi connectivity index (χ0) is 15.1. The van der Waals surface area contributed by atoms with Gasteiger partial charge in [0.05, 0.1) is 13.7 Å². The van der Waals surface area contributed by atoms with Gasteiger partial charge in [0.1, 0.15) is 5.75 Å². The SMILES string of the molecule is CCCCOC(=O)N1CCC=C(c2cccc(OC)c2)C1. The number of carbonyl (C=O) groups is 1. The summed E-state index contributed by atoms with van der Waals surface area (Å²) in [5.41, 5.74) is 2.24. The van der Waals surface area contributed by atoms with Crippen molar-refractivity contribution in [1.29, 1.82) is 0 Å². The lowest BCUT2D eigenvalue weighted by Crippen LogP contribution is -2.36. The lowest BCUT2D eigenvalue weighted by molar-refractivity contribution is 0.105. The minimum Gasteiger partial charge on any atom is -0.497 e. The molecule has 0 bridgehead atoms. The Morgan fingerprint density at radius 1 is 1.38 bits per heavy atom. The maximum Gasteiger partial charge on any atom is 0.410 e. The van der Waals surface area contributed by atoms with Gasteiger partial charge in [0, 0.05) is 13.1 Å². The summed E-state index contributed by atoms with van der Waals surface area (Å²) in [4.78, 5) is 13.8. The average molecular weight is 289 g/mol. The van der Waals surface area contributed by atoms with Gasteiger partial charge in [0.15, 0.2) is 0 Å². The van der Waals surface area contributed by atoms with Crippen molar-refractivity contribution in [2.75, 3.05) is 26.8 Å². The van der Waals surface area contributed by atoms with E-state index in [0.29, 0.717) is 13.2 Å². The Bertz CT molecular complexity index is 511. The van der Waals surface area contributed by atoms with Crippen LogP contribution in [0.3, 0.4) is 0 Å². The molecule has 0 atom stereocenters. The van der Waals surface area contributed by atoms with E-state index in [9.17, 15) is 4.79 Å². The number of methoxy groups -OCH3 is 1. The second-order valence-electron chi connectivity index (χ2n) is 5.14. The fraction of sp³-hybridized carbons (Fsp3) is 0.471. The lowest BCUT2D eigenvalue weighted by Gasteiger charge is -2.27. The van der Waals surface area contributed by atoms with E-state index in [1.54, 1.807) is 12.0 Å². The Labute approximate surface area is 126 Å². The molecule has 1 aromatic carbocycles. The molecule has 0 aliphatic carbocycles. The molecule has 1 amide bonds. The maximum absolute atomic E-state index is 12.0. The first-order chi connectivity index (χ1) is 10.2. The molecule has 0 saturated carbocycles. The van der Waals surface area contributed by atoms with Crippen LogP contribution in [0.2, 0.25) is 0 Å². The van der Waals surface area contributed by atoms with Crippen LogP contribution in [-0.2, 0) is 4.74 Å². The predicted molar refractivity (Wildman–Crippen MR) is 83.4 cm³/mol. The number of hydrogen-bond acceptors (Lipinski definition) is 3. The number of nitrogens with zero attached hydrogens (tertiary/aromatic N) is 1. The van der Waals surface area contributed by atoms with E-state index in [-0.39, 0.29) is 6.09 Å². The summed E-state index contributed by atoms with van der Waals surface area (Å²) >= 11 is 0. The number of rotatable bonds is 5. The highest BCUT2D eigenvalue weighted by Gasteiger charge is 2.20. The zero-order valence-electron chi connectivity index (χ0n) is 12.8. The van der Waals surface area contributed by atoms with E-state index in [1.807, 2.05) is 24.3 Å². The summed E-state index contributed by atoms with van der Waals surface area (Å²) in [7, 11) is 1.66. The van der Waals surface area contributed by atoms with Crippen LogP contribution in [0, 0.1) is 0 Å². The smallest absolute Gasteiger partial charge is 0.410 e. The van der Waals surface area contributed by atoms with Gasteiger partial charge >= 0.3 is 6.09 Å². The van der Waals surface area contributed by atoms with Crippen molar-refractivity contribution in [1.82, 2.24) is 4.90 Å². The fourth-order valence-corrected chi connectivity index (χ4v) is 2.33. The Morgan fingerprint density at radius 2 is 2.24 bits per heavy atom. The molecule has 1 aliphatic heterocycles. The van der Waals surface area contributed by atoms with Crippen LogP contribution >= 0.6 is 0 Å². The molecule has 114 valence electrons. The van der Waals surface area contributed by atoms with Gasteiger partial charge in [-0.15, -0.1) is 0 Å². The third-order valence-electron chi connectivity index (χ3n) is 3.57. The Kier molecular flexibility index (Phi) is 5.67. The van der Waals surface area contributed by atoms with Gasteiger partial charge < -0.3 is 14.4 Å². The van der Waals surface area contributed by atoms with Crippen LogP contribution in [-0.4, -0.2) is 37.8 Å². The van der Waals surface area contributed by atoms with Crippen molar-refractivity contribution < 1.29 is 14.3 Å². The van der Waals surface area contributed by atoms with Crippen molar-refractivity contribution in [2.45, 2.75) is 26.2 Å². The molecule has 0 radical (unpaired) electrons. The summed E-state index contributed by atoms with van der Waals surface area (Å²) in [5.74, 6) is 0.830. The molecular weight excluding hydrogens is 266 g/mol. The summed E-state index contributed by atoms with van der Waals surface area (Å²) in [5, 5.41) is 0. The number of benzene rings is 1. The third kappa shape index (κ3) is 4.25. The van der Waals surface area contributed by atoms with Crippen molar-refractivity contribution >= 4 is 11.7 Å². The average Bonchev–Trinajstić information content (AvgIpc) is 2.55. The van der Waals surface area contributed by atoms with Crippen LogP contribution < -0.4 is 4.74 Å². The number of carbonyl (C=O) groups excluding carboxylic acids is 1. The Hall–Kier alpha value is -1.97. The van der Waals surface area contributed by atoms with Crippen LogP contribution in [0.4, 0.5) is 4.79 Å². The number of amides is 1. The van der Waals surface area contributed by atoms with E-state index < -0.39 is 0 Å². The van der Waals surface area contributed by atoms with Crippen molar-refractivity contribution in [3.8, 4) is 5.75 Å². The summed E-state index contributed by atoms with van der Waals surface area (Å²) in [6.45, 7) is 3.90. The molecule has 0 aromatic heterocycles. The first kappa shape index (κ1) is 15.4. The summed E-state index contributed by atoms with van der Waals surface area (Å²) < 4.78 is 10.5. The summed E-state index contributed by atoms with van der Waals surface area (Å²) in [6, 6.07) is 7.93. The zero-order valence-corrected chi connectivity index (χ0v) is 12.8. The molecule has 21 heavy (non-hydrogen) atoms. The molecule has 1 aromatic rings. The molecule has 0 unspecified atom stereocenters. The highest BCUT2D eigenvalue weighted by atomic mass is 16.6. The molecule has 4 heteroatoms. The van der Waals surface area contributed by atoms with Gasteiger partial charge in [-0.1, -0.05) is 31.6 Å². The molecule has 1 heterocycles. The van der Waals surface area contributed by atoms with Crippen molar-refractivity contribution in [3.63, 3.8) is 0 Å². The highest BCUT2D eigenvalue weighted by molar-refractivity contribution is 5.75. The molecule has 0 N–H and O–H groups in total. The van der Waals surface area contributed by atoms with E-state index in [1.165, 1.54) is 0 Å². The monoisotopic (exact) mass is 289 g/mol. The van der Waals surface area contributed by atoms with Gasteiger partial charge in [0.2, 0.25) is 0 Å². The minimum atomic E-state index is -0.211. The minimum absolute atomic E-state index is 0.211. The normalized spacial score (nSPS) is 14.6. The van der Waals surface area contributed by atoms with E-state index in [2.05, 4.69) is 13.0 Å². The fourth-order valence-electron chi connectivity index (χ4n) is 2.33. The van der Waals surface area contributed by atoms with E-state index in [4.69, 9.17) is 9.47 Å². The molecule has 2 rings (SSSR count). The molecular formula is C17H23NO3. The molecule has 1 aliphatic rings. The van der Waals surface area contributed by atoms with Gasteiger partial charge in [0.25, 0.3) is 0 Å². The first-order valence-electron chi connectivity index (χ1n) is 7.49. The topological polar surface area (TPSA) is 38.8 Å². The Morgan fingerprint density at radius 3 is 3.00 bits per heavy atom. The Balaban J connectivity index is 1.99. The first-order valence-corrected chi connectivity index (χ1v) is 7.49. The largest absolute Gasteiger partial charge is 0.497 e. The lowest BCUT2D eigenvalue weighted by atomic mass is 10.0. The number of hydrogen-bond donors (Lipinski definition) is 0. The van der Waals surface area contributed by atoms with Crippen LogP contribution in [0.15, 0.2) is 30.3 Å². The van der Waals surface area contributed by atoms with Gasteiger partial charge in [-0.3, -0.25) is 0 Å². The quantitative estimate of drug-likeness (QED) is 0.775. The standard InChI is InChI=1S/C17H23NO3/c1-3-4-11-21-17(19)18-10-6-8-15(13-18)14-7-5-9-16(12-14)20-2/h5,7-9,12H,3-4,6,10-11,13H2,1-2H3. The van der Waals surface area contributed by atoms with Gasteiger partial charge in [-0.2, -0.15) is 0 Å². The van der Waals surface area contributed by atoms with Gasteiger partial charge in [-0.05, 0) is 36.1 Å². The maximum atomic E-state index is 12.0. The van der Waals surface area contributed by atoms with Crippen LogP contribution in [0.25, 0.3) is 5.57 Å². The molecule has 0 saturated heterocycles. The molecule has 0 fully saturated rings. The second kappa shape index (κ2) is 7.72. The van der Waals surface area contributed by atoms with Gasteiger partial charge in [-0.25, -0.2) is 4.79 Å². The molecule has 0 spiro atoms. The van der Waals surface area contributed by atoms with Crippen molar-refractivity contribution in [2.24, 2.45) is 0 Å². The van der Waals surface area contributed by atoms with Crippen molar-refractivity contribution in [3.05, 3.63) is 35.9 Å². The predicted octanol–water partition coefficient (Wildman–Crippen LogP) is 3.72. The second-order valence-corrected chi connectivity index (χ2v) is 5.14. The summed E-state index contributed by atoms with van der Waals surface area (Å²) in [6.07, 6.45) is 4.78. The highest BCUT2D eigenvalue weighted by Crippen LogP contribution is 2.24. The van der Waals surface area contributed by atoms with E-state index in [0.717, 1.165) is 42.7 Å². The van der Waals surface area contributed by atoms with Crippen LogP contribution in [0.1, 0.15) is 31.7 Å². The number of ether oxygens (including phenoxy) is 2. The molecule has 4 nitrogen and oxygen atoms in total. The number of unbranched alkanes of at least 4 members (excludes halogenated alkanes) is 1. The van der Waals surface area contributed by atoms with E-state index >= 15 is 0 Å².